The standard InChI is InChI=1S/C21H23FN4O2.C21H21FN4O2.C20H19FN4O3S.C20H22N4O2.C20H20N4O2/c2*22-18-4-5-19-16(8-11-28-19)15(18)3-6-20-23-12-17(21-25-24-13-26(20)21)14-2-1-9-27-10-7-14;21-17-2-3-18-15(5-8-28-18)14(17)1-4-19-22-11-16(20-24-23-12-25(19)20)13-6-9-29(26,27)10-7-13;2*1-2-14(16-8-11-26-18(16)3-1)4-5-19-21-12-17(15-6-9-25-10-7-15)20-23-22-13-24(19)20/h4-5,12-14H,1-3,6-11H2;2,4-5,12-13H,1,3,6-11H2;2-3,6,11-12H,1,4-5,7-10H2;1-3,12-13,15H,4-11H2;1-3,6,12-13H,4-5,7-11H2. The Morgan fingerprint density at radius 2 is 0.693 bits per heavy atom. The van der Waals surface area contributed by atoms with E-state index in [1.54, 1.807) is 66.5 Å². The molecule has 1 unspecified atom stereocenters. The third kappa shape index (κ3) is 19.6. The lowest BCUT2D eigenvalue weighted by atomic mass is 9.93. The smallest absolute Gasteiger partial charge is 0.171 e. The first-order valence-electron chi connectivity index (χ1n) is 47.7. The van der Waals surface area contributed by atoms with Gasteiger partial charge in [-0.3, -0.25) is 22.0 Å². The lowest BCUT2D eigenvalue weighted by Gasteiger charge is -2.22. The van der Waals surface area contributed by atoms with E-state index >= 15 is 0 Å². The van der Waals surface area contributed by atoms with E-state index in [1.165, 1.54) is 57.2 Å². The highest BCUT2D eigenvalue weighted by Crippen LogP contribution is 2.40. The summed E-state index contributed by atoms with van der Waals surface area (Å²) in [4.78, 5) is 23.5. The van der Waals surface area contributed by atoms with Crippen molar-refractivity contribution in [2.75, 3.05) is 97.4 Å². The van der Waals surface area contributed by atoms with Crippen LogP contribution < -0.4 is 23.7 Å². The number of sulfone groups is 1. The zero-order valence-electron chi connectivity index (χ0n) is 76.1. The van der Waals surface area contributed by atoms with Gasteiger partial charge in [-0.25, -0.2) is 46.5 Å². The van der Waals surface area contributed by atoms with Crippen molar-refractivity contribution in [2.45, 2.75) is 166 Å². The highest BCUT2D eigenvalue weighted by Gasteiger charge is 2.30. The molecule has 706 valence electrons. The lowest BCUT2D eigenvalue weighted by Crippen LogP contribution is -2.16. The van der Waals surface area contributed by atoms with Gasteiger partial charge in [-0.1, -0.05) is 42.5 Å². The molecular weight excluding hydrogens is 1770 g/mol. The number of hydrogen-bond acceptors (Lipinski definition) is 26. The van der Waals surface area contributed by atoms with E-state index in [1.807, 2.05) is 38.0 Å². The molecule has 10 aliphatic rings. The van der Waals surface area contributed by atoms with Crippen LogP contribution in [0.2, 0.25) is 0 Å². The van der Waals surface area contributed by atoms with Crippen LogP contribution in [0.1, 0.15) is 182 Å². The summed E-state index contributed by atoms with van der Waals surface area (Å²) in [5, 5.41) is 42.1. The summed E-state index contributed by atoms with van der Waals surface area (Å²) < 4.78 is 126. The van der Waals surface area contributed by atoms with Gasteiger partial charge in [-0.05, 0) is 195 Å². The zero-order valence-corrected chi connectivity index (χ0v) is 77.0. The molecule has 0 N–H and O–H groups in total. The molecule has 5 aromatic carbocycles. The van der Waals surface area contributed by atoms with Crippen molar-refractivity contribution in [3.63, 3.8) is 0 Å². The van der Waals surface area contributed by atoms with Crippen molar-refractivity contribution in [1.82, 2.24) is 97.9 Å². The van der Waals surface area contributed by atoms with Gasteiger partial charge >= 0.3 is 0 Å². The minimum absolute atomic E-state index is 0.0326. The number of ether oxygens (including phenoxy) is 9. The molecule has 137 heavy (non-hydrogen) atoms. The fourth-order valence-electron chi connectivity index (χ4n) is 20.4. The van der Waals surface area contributed by atoms with Crippen LogP contribution in [0.3, 0.4) is 0 Å². The summed E-state index contributed by atoms with van der Waals surface area (Å²) in [6.45, 7) is 9.47. The molecule has 10 aromatic heterocycles. The number of allylic oxidation sites excluding steroid dienone is 1. The Morgan fingerprint density at radius 3 is 1.12 bits per heavy atom. The largest absolute Gasteiger partial charge is 0.493 e. The normalized spacial score (nSPS) is 17.5. The van der Waals surface area contributed by atoms with Gasteiger partial charge in [0, 0.05) is 177 Å². The van der Waals surface area contributed by atoms with E-state index in [2.05, 4.69) is 114 Å². The average Bonchev–Trinajstić information content (AvgIpc) is 1.68. The zero-order chi connectivity index (χ0) is 92.6. The van der Waals surface area contributed by atoms with Crippen molar-refractivity contribution in [1.29, 1.82) is 0 Å². The minimum Gasteiger partial charge on any atom is -0.493 e. The lowest BCUT2D eigenvalue weighted by molar-refractivity contribution is 0.0854. The van der Waals surface area contributed by atoms with Crippen LogP contribution in [0.4, 0.5) is 13.2 Å². The van der Waals surface area contributed by atoms with Crippen molar-refractivity contribution in [2.24, 2.45) is 0 Å². The Morgan fingerprint density at radius 1 is 0.328 bits per heavy atom. The summed E-state index contributed by atoms with van der Waals surface area (Å²) in [6.07, 6.45) is 43.5. The molecule has 15 aromatic rings. The van der Waals surface area contributed by atoms with Crippen LogP contribution in [0, 0.1) is 17.5 Å². The predicted octanol–water partition coefficient (Wildman–Crippen LogP) is 14.0. The Kier molecular flexibility index (Phi) is 27.2. The fourth-order valence-corrected chi connectivity index (χ4v) is 21.6. The van der Waals surface area contributed by atoms with E-state index < -0.39 is 9.84 Å². The third-order valence-electron chi connectivity index (χ3n) is 27.6. The third-order valence-corrected chi connectivity index (χ3v) is 29.1. The van der Waals surface area contributed by atoms with Gasteiger partial charge in [0.2, 0.25) is 0 Å². The number of halogens is 3. The average molecular weight is 1880 g/mol. The molecule has 0 radical (unpaired) electrons. The summed E-state index contributed by atoms with van der Waals surface area (Å²) in [7, 11) is -3.01. The number of aryl methyl sites for hydroxylation is 7. The maximum absolute atomic E-state index is 14.4. The minimum atomic E-state index is -3.01. The van der Waals surface area contributed by atoms with Crippen LogP contribution in [0.15, 0.2) is 154 Å². The molecule has 20 heterocycles. The monoisotopic (exact) mass is 1870 g/mol. The molecule has 0 bridgehead atoms. The molecule has 2 saturated heterocycles. The van der Waals surface area contributed by atoms with Gasteiger partial charge < -0.3 is 42.6 Å². The summed E-state index contributed by atoms with van der Waals surface area (Å²) in [5.41, 5.74) is 23.1. The Balaban J connectivity index is 0.000000102. The number of benzene rings is 5. The molecule has 2 fully saturated rings. The Bertz CT molecular complexity index is 7180. The van der Waals surface area contributed by atoms with Gasteiger partial charge in [-0.2, -0.15) is 0 Å². The molecule has 35 heteroatoms. The first kappa shape index (κ1) is 90.1. The molecule has 0 spiro atoms. The molecule has 0 saturated carbocycles. The first-order chi connectivity index (χ1) is 67.4. The molecule has 1 atom stereocenters. The van der Waals surface area contributed by atoms with Crippen LogP contribution in [0.25, 0.3) is 45.0 Å². The van der Waals surface area contributed by atoms with Crippen LogP contribution in [-0.2, 0) is 125 Å². The molecular formula is C102H105F3N20O11S. The van der Waals surface area contributed by atoms with E-state index in [4.69, 9.17) is 57.6 Å². The van der Waals surface area contributed by atoms with Gasteiger partial charge in [0.1, 0.15) is 107 Å². The fraction of sp³-hybridized carbons (Fsp3) is 0.402. The first-order valence-corrected chi connectivity index (χ1v) is 49.5. The summed E-state index contributed by atoms with van der Waals surface area (Å²) in [6, 6.07) is 22.2. The number of fused-ring (bicyclic) bond motifs is 10. The predicted molar refractivity (Wildman–Crippen MR) is 502 cm³/mol. The van der Waals surface area contributed by atoms with E-state index in [0.717, 1.165) is 292 Å². The second-order valence-electron chi connectivity index (χ2n) is 35.6. The molecule has 25 rings (SSSR count). The highest BCUT2D eigenvalue weighted by atomic mass is 32.2. The summed E-state index contributed by atoms with van der Waals surface area (Å²) >= 11 is 0. The SMILES string of the molecule is C1=C(c2cnc(CCc3cccc4c3CCO4)n3cnnc23)CCOC1.Fc1ccc2c(c1CCc1ncc(C3=CCCOCC3)c3nncn13)CCO2.Fc1ccc2c(c1CCc1ncc(C3CCCOCC3)c3nncn13)CCO2.O=S1(=O)CC=C(c2cnc(CCc3c(F)ccc4c3CCO4)n3cnnc23)CC1.c1cc(CCc2ncc(C3CCOCC3)c3nncn23)c2c(c1)OCC2. The maximum Gasteiger partial charge on any atom is 0.171 e. The van der Waals surface area contributed by atoms with Crippen LogP contribution in [-0.4, -0.2) is 204 Å². The quantitative estimate of drug-likeness (QED) is 0.0684. The number of nitrogens with zero attached hydrogens (tertiary/aromatic N) is 20. The van der Waals surface area contributed by atoms with Crippen molar-refractivity contribution >= 4 is 54.8 Å². The number of aromatic nitrogens is 20. The van der Waals surface area contributed by atoms with E-state index in [-0.39, 0.29) is 29.0 Å². The van der Waals surface area contributed by atoms with Gasteiger partial charge in [0.15, 0.2) is 38.1 Å². The molecule has 0 aliphatic carbocycles. The van der Waals surface area contributed by atoms with E-state index in [9.17, 15) is 21.6 Å². The second-order valence-corrected chi connectivity index (χ2v) is 37.8. The van der Waals surface area contributed by atoms with Crippen molar-refractivity contribution in [3.8, 4) is 28.7 Å². The molecule has 0 amide bonds. The van der Waals surface area contributed by atoms with Gasteiger partial charge in [0.25, 0.3) is 0 Å². The number of rotatable bonds is 20. The second kappa shape index (κ2) is 41.3. The number of hydrogen-bond donors (Lipinski definition) is 0. The summed E-state index contributed by atoms with van der Waals surface area (Å²) in [5.74, 6) is 9.30. The van der Waals surface area contributed by atoms with Crippen LogP contribution >= 0.6 is 0 Å². The van der Waals surface area contributed by atoms with Gasteiger partial charge in [0.05, 0.1) is 71.0 Å². The van der Waals surface area contributed by atoms with Crippen molar-refractivity contribution in [3.05, 3.63) is 284 Å². The molecule has 31 nitrogen and oxygen atoms in total. The Hall–Kier alpha value is -13.4. The van der Waals surface area contributed by atoms with Gasteiger partial charge in [-0.15, -0.1) is 51.0 Å². The van der Waals surface area contributed by atoms with E-state index in [0.29, 0.717) is 107 Å². The maximum atomic E-state index is 14.4. The molecule has 10 aliphatic heterocycles. The highest BCUT2D eigenvalue weighted by molar-refractivity contribution is 7.91. The topological polar surface area (TPSA) is 333 Å². The Labute approximate surface area is 788 Å². The van der Waals surface area contributed by atoms with Crippen LogP contribution in [0.5, 0.6) is 28.7 Å². The van der Waals surface area contributed by atoms with Crippen molar-refractivity contribution < 1.29 is 64.2 Å².